The fraction of sp³-hybridized carbons (Fsp3) is 0.625. The van der Waals surface area contributed by atoms with Crippen LogP contribution in [0.15, 0.2) is 18.2 Å². The maximum absolute atomic E-state index is 10.1. The quantitative estimate of drug-likeness (QED) is 0.884. The molecule has 1 aromatic rings. The third-order valence-corrected chi connectivity index (χ3v) is 4.69. The second-order valence-corrected chi connectivity index (χ2v) is 5.85. The van der Waals surface area contributed by atoms with Crippen LogP contribution in [-0.4, -0.2) is 43.3 Å². The fourth-order valence-corrected chi connectivity index (χ4v) is 3.39. The Morgan fingerprint density at radius 1 is 1.30 bits per heavy atom. The molecule has 1 heterocycles. The van der Waals surface area contributed by atoms with E-state index in [1.165, 1.54) is 24.8 Å². The van der Waals surface area contributed by atoms with Gasteiger partial charge in [0.15, 0.2) is 11.5 Å². The van der Waals surface area contributed by atoms with Crippen LogP contribution in [0, 0.1) is 5.92 Å². The van der Waals surface area contributed by atoms with E-state index >= 15 is 0 Å². The Kier molecular flexibility index (Phi) is 4.13. The Labute approximate surface area is 120 Å². The minimum absolute atomic E-state index is 0.254. The van der Waals surface area contributed by atoms with E-state index < -0.39 is 0 Å². The largest absolute Gasteiger partial charge is 0.504 e. The predicted molar refractivity (Wildman–Crippen MR) is 79.2 cm³/mol. The molecule has 4 heteroatoms. The number of rotatable bonds is 4. The van der Waals surface area contributed by atoms with Gasteiger partial charge in [0.1, 0.15) is 0 Å². The van der Waals surface area contributed by atoms with Crippen molar-refractivity contribution in [2.24, 2.45) is 5.92 Å². The molecular formula is C16H24N2O2. The summed E-state index contributed by atoms with van der Waals surface area (Å²) in [5, 5.41) is 13.5. The lowest BCUT2D eigenvalue weighted by Gasteiger charge is -2.43. The van der Waals surface area contributed by atoms with Gasteiger partial charge in [0.05, 0.1) is 7.11 Å². The van der Waals surface area contributed by atoms with Gasteiger partial charge in [-0.1, -0.05) is 12.5 Å². The van der Waals surface area contributed by atoms with Crippen molar-refractivity contribution in [1.29, 1.82) is 0 Å². The van der Waals surface area contributed by atoms with Crippen LogP contribution >= 0.6 is 0 Å². The highest BCUT2D eigenvalue weighted by Gasteiger charge is 2.33. The molecule has 1 atom stereocenters. The van der Waals surface area contributed by atoms with Crippen molar-refractivity contribution in [2.45, 2.75) is 25.3 Å². The molecule has 3 rings (SSSR count). The number of nitrogens with one attached hydrogen (secondary N) is 1. The molecule has 2 N–H and O–H groups in total. The Morgan fingerprint density at radius 2 is 2.05 bits per heavy atom. The molecule has 0 bridgehead atoms. The molecule has 2 aliphatic rings. The van der Waals surface area contributed by atoms with Crippen molar-refractivity contribution in [2.75, 3.05) is 33.3 Å². The zero-order valence-corrected chi connectivity index (χ0v) is 12.1. The SMILES string of the molecule is COc1ccc([C@@H](C2CCC2)N2CCNCC2)cc1O. The number of hydrogen-bond donors (Lipinski definition) is 2. The molecule has 0 unspecified atom stereocenters. The predicted octanol–water partition coefficient (Wildman–Crippen LogP) is 2.15. The molecule has 1 aromatic carbocycles. The first-order chi connectivity index (χ1) is 9.79. The lowest BCUT2D eigenvalue weighted by atomic mass is 9.76. The summed E-state index contributed by atoms with van der Waals surface area (Å²) in [4.78, 5) is 2.57. The zero-order valence-electron chi connectivity index (χ0n) is 12.1. The van der Waals surface area contributed by atoms with Crippen molar-refractivity contribution < 1.29 is 9.84 Å². The third kappa shape index (κ3) is 2.63. The molecule has 4 nitrogen and oxygen atoms in total. The first-order valence-electron chi connectivity index (χ1n) is 7.61. The summed E-state index contributed by atoms with van der Waals surface area (Å²) in [6.07, 6.45) is 3.96. The monoisotopic (exact) mass is 276 g/mol. The summed E-state index contributed by atoms with van der Waals surface area (Å²) in [5.41, 5.74) is 1.23. The Morgan fingerprint density at radius 3 is 2.60 bits per heavy atom. The number of methoxy groups -OCH3 is 1. The minimum atomic E-state index is 0.254. The smallest absolute Gasteiger partial charge is 0.160 e. The molecule has 110 valence electrons. The number of phenolic OH excluding ortho intramolecular Hbond substituents is 1. The molecule has 2 fully saturated rings. The first-order valence-corrected chi connectivity index (χ1v) is 7.61. The van der Waals surface area contributed by atoms with Gasteiger partial charge in [-0.25, -0.2) is 0 Å². The van der Waals surface area contributed by atoms with Crippen LogP contribution in [-0.2, 0) is 0 Å². The van der Waals surface area contributed by atoms with E-state index in [9.17, 15) is 5.11 Å². The van der Waals surface area contributed by atoms with Gasteiger partial charge in [0, 0.05) is 32.2 Å². The van der Waals surface area contributed by atoms with Crippen molar-refractivity contribution in [1.82, 2.24) is 10.2 Å². The fourth-order valence-electron chi connectivity index (χ4n) is 3.39. The Balaban J connectivity index is 1.85. The van der Waals surface area contributed by atoms with Crippen LogP contribution in [0.1, 0.15) is 30.9 Å². The highest BCUT2D eigenvalue weighted by molar-refractivity contribution is 5.43. The van der Waals surface area contributed by atoms with Crippen LogP contribution in [0.2, 0.25) is 0 Å². The standard InChI is InChI=1S/C16H24N2O2/c1-20-15-6-5-13(11-14(15)19)16(12-3-2-4-12)18-9-7-17-8-10-18/h5-6,11-12,16-17,19H,2-4,7-10H2,1H3/t16-/m1/s1. The highest BCUT2D eigenvalue weighted by atomic mass is 16.5. The van der Waals surface area contributed by atoms with Gasteiger partial charge in [0.25, 0.3) is 0 Å². The highest BCUT2D eigenvalue weighted by Crippen LogP contribution is 2.43. The topological polar surface area (TPSA) is 44.7 Å². The molecule has 0 amide bonds. The average molecular weight is 276 g/mol. The number of nitrogens with zero attached hydrogens (tertiary/aromatic N) is 1. The molecule has 0 aromatic heterocycles. The van der Waals surface area contributed by atoms with Gasteiger partial charge >= 0.3 is 0 Å². The molecule has 1 saturated carbocycles. The molecular weight excluding hydrogens is 252 g/mol. The summed E-state index contributed by atoms with van der Waals surface area (Å²) < 4.78 is 5.15. The summed E-state index contributed by atoms with van der Waals surface area (Å²) in [7, 11) is 1.59. The first kappa shape index (κ1) is 13.7. The molecule has 0 spiro atoms. The summed E-state index contributed by atoms with van der Waals surface area (Å²) in [6, 6.07) is 6.34. The number of piperazine rings is 1. The van der Waals surface area contributed by atoms with Crippen LogP contribution in [0.4, 0.5) is 0 Å². The Bertz CT molecular complexity index is 454. The van der Waals surface area contributed by atoms with Crippen LogP contribution in [0.3, 0.4) is 0 Å². The van der Waals surface area contributed by atoms with Crippen molar-refractivity contribution in [3.8, 4) is 11.5 Å². The molecule has 0 radical (unpaired) electrons. The second-order valence-electron chi connectivity index (χ2n) is 5.85. The normalized spacial score (nSPS) is 22.2. The van der Waals surface area contributed by atoms with Crippen LogP contribution in [0.25, 0.3) is 0 Å². The van der Waals surface area contributed by atoms with E-state index in [0.717, 1.165) is 32.1 Å². The molecule has 1 aliphatic heterocycles. The Hall–Kier alpha value is -1.26. The van der Waals surface area contributed by atoms with E-state index in [2.05, 4.69) is 16.3 Å². The van der Waals surface area contributed by atoms with Crippen molar-refractivity contribution >= 4 is 0 Å². The number of benzene rings is 1. The maximum Gasteiger partial charge on any atom is 0.160 e. The lowest BCUT2D eigenvalue weighted by Crippen LogP contribution is -2.47. The average Bonchev–Trinajstić information content (AvgIpc) is 2.43. The number of ether oxygens (including phenoxy) is 1. The summed E-state index contributed by atoms with van der Waals surface area (Å²) in [5.74, 6) is 1.55. The van der Waals surface area contributed by atoms with Gasteiger partial charge in [-0.2, -0.15) is 0 Å². The van der Waals surface area contributed by atoms with E-state index in [-0.39, 0.29) is 5.75 Å². The van der Waals surface area contributed by atoms with Gasteiger partial charge in [-0.05, 0) is 36.5 Å². The number of phenols is 1. The zero-order chi connectivity index (χ0) is 13.9. The van der Waals surface area contributed by atoms with Crippen LogP contribution in [0.5, 0.6) is 11.5 Å². The maximum atomic E-state index is 10.1. The van der Waals surface area contributed by atoms with Gasteiger partial charge in [0.2, 0.25) is 0 Å². The lowest BCUT2D eigenvalue weighted by molar-refractivity contribution is 0.0835. The molecule has 1 saturated heterocycles. The van der Waals surface area contributed by atoms with Crippen LogP contribution < -0.4 is 10.1 Å². The van der Waals surface area contributed by atoms with Gasteiger partial charge in [-0.15, -0.1) is 0 Å². The van der Waals surface area contributed by atoms with Crippen molar-refractivity contribution in [3.05, 3.63) is 23.8 Å². The minimum Gasteiger partial charge on any atom is -0.504 e. The third-order valence-electron chi connectivity index (χ3n) is 4.69. The summed E-state index contributed by atoms with van der Waals surface area (Å²) >= 11 is 0. The van der Waals surface area contributed by atoms with E-state index in [0.29, 0.717) is 11.8 Å². The molecule has 1 aliphatic carbocycles. The van der Waals surface area contributed by atoms with E-state index in [4.69, 9.17) is 4.74 Å². The number of hydrogen-bond acceptors (Lipinski definition) is 4. The van der Waals surface area contributed by atoms with E-state index in [1.54, 1.807) is 7.11 Å². The summed E-state index contributed by atoms with van der Waals surface area (Å²) in [6.45, 7) is 4.30. The second kappa shape index (κ2) is 6.02. The molecule has 20 heavy (non-hydrogen) atoms. The number of aromatic hydroxyl groups is 1. The van der Waals surface area contributed by atoms with Gasteiger partial charge in [-0.3, -0.25) is 4.90 Å². The van der Waals surface area contributed by atoms with Crippen molar-refractivity contribution in [3.63, 3.8) is 0 Å². The van der Waals surface area contributed by atoms with E-state index in [1.807, 2.05) is 12.1 Å². The van der Waals surface area contributed by atoms with Gasteiger partial charge < -0.3 is 15.2 Å².